The number of aliphatic imine (C=N–C) groups is 1. The number of nitrogens with one attached hydrogen (secondary N) is 1. The van der Waals surface area contributed by atoms with Crippen molar-refractivity contribution in [3.63, 3.8) is 0 Å². The van der Waals surface area contributed by atoms with Gasteiger partial charge in [0.25, 0.3) is 5.91 Å². The first-order chi connectivity index (χ1) is 18.7. The molecular formula is C32H39N3O4. The highest BCUT2D eigenvalue weighted by atomic mass is 16.5. The van der Waals surface area contributed by atoms with Crippen molar-refractivity contribution in [2.75, 3.05) is 20.8 Å². The smallest absolute Gasteiger partial charge is 0.251 e. The van der Waals surface area contributed by atoms with Crippen LogP contribution in [-0.4, -0.2) is 38.8 Å². The predicted molar refractivity (Wildman–Crippen MR) is 158 cm³/mol. The molecule has 3 rings (SSSR count). The molecule has 1 fully saturated rings. The molecule has 3 N–H and O–H groups in total. The molecule has 1 saturated carbocycles. The summed E-state index contributed by atoms with van der Waals surface area (Å²) in [5.41, 5.74) is 8.16. The van der Waals surface area contributed by atoms with Gasteiger partial charge in [-0.3, -0.25) is 14.6 Å². The third-order valence-corrected chi connectivity index (χ3v) is 7.37. The second-order valence-electron chi connectivity index (χ2n) is 9.87. The van der Waals surface area contributed by atoms with Crippen LogP contribution in [0, 0.1) is 11.3 Å². The Labute approximate surface area is 231 Å². The number of fused-ring (bicyclic) bond motifs is 1. The molecule has 1 aliphatic carbocycles. The van der Waals surface area contributed by atoms with E-state index in [-0.39, 0.29) is 24.3 Å². The molecule has 0 aromatic heterocycles. The van der Waals surface area contributed by atoms with Crippen molar-refractivity contribution in [1.82, 2.24) is 5.32 Å². The average molecular weight is 530 g/mol. The maximum absolute atomic E-state index is 12.2. The predicted octanol–water partition coefficient (Wildman–Crippen LogP) is 5.88. The van der Waals surface area contributed by atoms with Crippen LogP contribution in [0.4, 0.5) is 0 Å². The van der Waals surface area contributed by atoms with E-state index in [9.17, 15) is 9.59 Å². The van der Waals surface area contributed by atoms with Crippen molar-refractivity contribution in [1.29, 1.82) is 0 Å². The molecule has 0 heterocycles. The van der Waals surface area contributed by atoms with E-state index in [0.717, 1.165) is 41.4 Å². The molecule has 2 amide bonds. The maximum Gasteiger partial charge on any atom is 0.251 e. The summed E-state index contributed by atoms with van der Waals surface area (Å²) in [6, 6.07) is 11.2. The van der Waals surface area contributed by atoms with E-state index in [0.29, 0.717) is 29.0 Å². The lowest BCUT2D eigenvalue weighted by atomic mass is 9.83. The molecule has 1 atom stereocenters. The summed E-state index contributed by atoms with van der Waals surface area (Å²) in [4.78, 5) is 28.9. The molecule has 7 nitrogen and oxygen atoms in total. The minimum atomic E-state index is -0.438. The highest BCUT2D eigenvalue weighted by Crippen LogP contribution is 2.52. The third kappa shape index (κ3) is 7.05. The number of ether oxygens (including phenoxy) is 2. The molecular weight excluding hydrogens is 490 g/mol. The van der Waals surface area contributed by atoms with E-state index in [1.807, 2.05) is 43.3 Å². The summed E-state index contributed by atoms with van der Waals surface area (Å²) in [7, 11) is 3.25. The van der Waals surface area contributed by atoms with Gasteiger partial charge in [0.1, 0.15) is 12.4 Å². The highest BCUT2D eigenvalue weighted by Gasteiger charge is 2.49. The highest BCUT2D eigenvalue weighted by molar-refractivity contribution is 6.07. The van der Waals surface area contributed by atoms with E-state index in [1.54, 1.807) is 32.5 Å². The molecule has 1 aliphatic rings. The Morgan fingerprint density at radius 2 is 2.00 bits per heavy atom. The fourth-order valence-corrected chi connectivity index (χ4v) is 4.71. The number of rotatable bonds is 14. The quantitative estimate of drug-likeness (QED) is 0.181. The third-order valence-electron chi connectivity index (χ3n) is 7.37. The molecule has 2 aromatic carbocycles. The van der Waals surface area contributed by atoms with Gasteiger partial charge in [-0.05, 0) is 85.2 Å². The van der Waals surface area contributed by atoms with Crippen LogP contribution in [0.3, 0.4) is 0 Å². The van der Waals surface area contributed by atoms with Crippen molar-refractivity contribution < 1.29 is 19.1 Å². The molecule has 0 saturated heterocycles. The van der Waals surface area contributed by atoms with Crippen molar-refractivity contribution in [2.24, 2.45) is 22.1 Å². The Bertz CT molecular complexity index is 1350. The molecule has 1 unspecified atom stereocenters. The number of nitrogens with two attached hydrogens (primary N) is 1. The van der Waals surface area contributed by atoms with Crippen LogP contribution in [0.5, 0.6) is 5.75 Å². The van der Waals surface area contributed by atoms with Gasteiger partial charge >= 0.3 is 0 Å². The van der Waals surface area contributed by atoms with Crippen LogP contribution in [0.15, 0.2) is 89.3 Å². The Hall–Kier alpha value is -4.13. The summed E-state index contributed by atoms with van der Waals surface area (Å²) in [5, 5.41) is 4.42. The van der Waals surface area contributed by atoms with Gasteiger partial charge in [0.15, 0.2) is 0 Å². The van der Waals surface area contributed by atoms with E-state index in [2.05, 4.69) is 30.4 Å². The van der Waals surface area contributed by atoms with E-state index < -0.39 is 5.41 Å². The summed E-state index contributed by atoms with van der Waals surface area (Å²) in [5.74, 6) is 1.10. The Kier molecular flexibility index (Phi) is 9.88. The molecule has 0 spiro atoms. The summed E-state index contributed by atoms with van der Waals surface area (Å²) in [6.07, 6.45) is 8.30. The number of hydrogen-bond donors (Lipinski definition) is 2. The van der Waals surface area contributed by atoms with Crippen LogP contribution in [0.25, 0.3) is 10.8 Å². The Balaban J connectivity index is 1.87. The zero-order valence-corrected chi connectivity index (χ0v) is 23.4. The Morgan fingerprint density at radius 3 is 2.59 bits per heavy atom. The first-order valence-corrected chi connectivity index (χ1v) is 13.2. The Morgan fingerprint density at radius 1 is 1.26 bits per heavy atom. The molecule has 206 valence electrons. The van der Waals surface area contributed by atoms with Crippen LogP contribution in [0.2, 0.25) is 0 Å². The van der Waals surface area contributed by atoms with Gasteiger partial charge in [0.2, 0.25) is 5.91 Å². The van der Waals surface area contributed by atoms with E-state index in [4.69, 9.17) is 15.2 Å². The number of nitrogens with zero attached hydrogens (tertiary/aromatic N) is 1. The van der Waals surface area contributed by atoms with Crippen LogP contribution < -0.4 is 15.8 Å². The first-order valence-electron chi connectivity index (χ1n) is 13.2. The minimum Gasteiger partial charge on any atom is -0.501 e. The number of carbonyl (C=O) groups is 2. The molecule has 39 heavy (non-hydrogen) atoms. The first kappa shape index (κ1) is 29.4. The summed E-state index contributed by atoms with van der Waals surface area (Å²) < 4.78 is 11.7. The molecule has 0 aliphatic heterocycles. The lowest BCUT2D eigenvalue weighted by Gasteiger charge is -2.23. The van der Waals surface area contributed by atoms with Gasteiger partial charge in [-0.2, -0.15) is 0 Å². The number of carbonyl (C=O) groups excluding carboxylic acids is 2. The number of benzene rings is 2. The fraction of sp³-hybridized carbons (Fsp3) is 0.344. The van der Waals surface area contributed by atoms with Gasteiger partial charge in [0.05, 0.1) is 18.6 Å². The lowest BCUT2D eigenvalue weighted by molar-refractivity contribution is -0.123. The van der Waals surface area contributed by atoms with E-state index in [1.165, 1.54) is 0 Å². The van der Waals surface area contributed by atoms with Crippen molar-refractivity contribution >= 4 is 28.8 Å². The maximum atomic E-state index is 12.2. The molecule has 2 aromatic rings. The SMILES string of the molecule is C=CC=N/C(=C/C(=C(\C)OC)C(CC)CC1(C(N)=O)CC1)C(=C)COc1ccc2c(C(=O)NC)cccc2c1. The second-order valence-corrected chi connectivity index (χ2v) is 9.87. The van der Waals surface area contributed by atoms with Gasteiger partial charge in [-0.25, -0.2) is 0 Å². The van der Waals surface area contributed by atoms with Gasteiger partial charge in [0, 0.05) is 29.8 Å². The number of hydrogen-bond acceptors (Lipinski definition) is 5. The number of amides is 2. The van der Waals surface area contributed by atoms with Gasteiger partial charge in [-0.1, -0.05) is 38.3 Å². The minimum absolute atomic E-state index is 0.0672. The van der Waals surface area contributed by atoms with Crippen LogP contribution in [0.1, 0.15) is 49.9 Å². The molecule has 7 heteroatoms. The largest absolute Gasteiger partial charge is 0.501 e. The standard InChI is InChI=1S/C32H39N3O4/c1-7-16-35-29(18-28(22(4)38-6)23(8-2)19-32(14-15-32)31(33)37)21(3)20-39-25-12-13-26-24(17-25)10-9-11-27(26)30(36)34-5/h7,9-13,16-18,23H,1,3,8,14-15,19-20H2,2,4-6H3,(H2,33,37)(H,34,36)/b28-22-,29-18+,35-16?. The summed E-state index contributed by atoms with van der Waals surface area (Å²) in [6.45, 7) is 12.2. The van der Waals surface area contributed by atoms with Crippen LogP contribution in [-0.2, 0) is 9.53 Å². The number of methoxy groups -OCH3 is 1. The normalized spacial score (nSPS) is 15.8. The van der Waals surface area contributed by atoms with Gasteiger partial charge < -0.3 is 20.5 Å². The lowest BCUT2D eigenvalue weighted by Crippen LogP contribution is -2.27. The van der Waals surface area contributed by atoms with E-state index >= 15 is 0 Å². The van der Waals surface area contributed by atoms with Crippen molar-refractivity contribution in [2.45, 2.75) is 39.5 Å². The second kappa shape index (κ2) is 13.1. The fourth-order valence-electron chi connectivity index (χ4n) is 4.71. The zero-order chi connectivity index (χ0) is 28.6. The number of allylic oxidation sites excluding steroid dienone is 4. The monoisotopic (exact) mass is 529 g/mol. The molecule has 0 radical (unpaired) electrons. The van der Waals surface area contributed by atoms with Crippen LogP contribution >= 0.6 is 0 Å². The average Bonchev–Trinajstić information content (AvgIpc) is 3.74. The summed E-state index contributed by atoms with van der Waals surface area (Å²) >= 11 is 0. The topological polar surface area (TPSA) is 103 Å². The number of primary amides is 1. The van der Waals surface area contributed by atoms with Gasteiger partial charge in [-0.15, -0.1) is 0 Å². The zero-order valence-electron chi connectivity index (χ0n) is 23.4. The van der Waals surface area contributed by atoms with Crippen molar-refractivity contribution in [3.8, 4) is 5.75 Å². The van der Waals surface area contributed by atoms with Crippen molar-refractivity contribution in [3.05, 3.63) is 89.9 Å². The molecule has 0 bridgehead atoms.